The van der Waals surface area contributed by atoms with Crippen molar-refractivity contribution in [2.45, 2.75) is 4.90 Å². The van der Waals surface area contributed by atoms with Crippen LogP contribution < -0.4 is 10.4 Å². The number of ketones is 1. The maximum Gasteiger partial charge on any atom is 0.198 e. The Labute approximate surface area is 174 Å². The maximum absolute atomic E-state index is 13.9. The fourth-order valence-electron chi connectivity index (χ4n) is 2.40. The van der Waals surface area contributed by atoms with Gasteiger partial charge in [0.2, 0.25) is 0 Å². The van der Waals surface area contributed by atoms with Crippen molar-refractivity contribution in [1.82, 2.24) is 9.97 Å². The van der Waals surface area contributed by atoms with Gasteiger partial charge in [0.1, 0.15) is 11.5 Å². The van der Waals surface area contributed by atoms with E-state index in [1.54, 1.807) is 41.9 Å². The van der Waals surface area contributed by atoms with E-state index in [1.165, 1.54) is 18.0 Å². The molecule has 0 saturated carbocycles. The molecule has 0 radical (unpaired) electrons. The van der Waals surface area contributed by atoms with E-state index in [2.05, 4.69) is 35.1 Å². The summed E-state index contributed by atoms with van der Waals surface area (Å²) in [7, 11) is 2.39. The van der Waals surface area contributed by atoms with Gasteiger partial charge in [-0.25, -0.2) is 9.37 Å². The molecule has 1 aromatic carbocycles. The minimum Gasteiger partial charge on any atom is -0.345 e. The molecule has 138 valence electrons. The van der Waals surface area contributed by atoms with Gasteiger partial charge in [-0.05, 0) is 56.8 Å². The third kappa shape index (κ3) is 4.65. The van der Waals surface area contributed by atoms with Crippen LogP contribution in [0.3, 0.4) is 0 Å². The summed E-state index contributed by atoms with van der Waals surface area (Å²) in [6.07, 6.45) is 3.19. The lowest BCUT2D eigenvalue weighted by atomic mass is 10.0. The number of halogens is 2. The second kappa shape index (κ2) is 9.08. The molecule has 1 atom stereocenters. The van der Waals surface area contributed by atoms with Crippen LogP contribution in [0, 0.1) is 5.82 Å². The van der Waals surface area contributed by atoms with E-state index in [0.717, 1.165) is 9.37 Å². The maximum atomic E-state index is 13.9. The zero-order valence-corrected chi connectivity index (χ0v) is 18.2. The number of H-pyrrole nitrogens is 1. The summed E-state index contributed by atoms with van der Waals surface area (Å²) in [5.74, 6) is -0.890. The quantitative estimate of drug-likeness (QED) is 0.247. The number of aromatic nitrogens is 2. The number of carbonyl (C=O) groups excluding carboxylic acids is 1. The van der Waals surface area contributed by atoms with Crippen LogP contribution >= 0.6 is 48.5 Å². The Balaban J connectivity index is 0.000000253. The highest BCUT2D eigenvalue weighted by Gasteiger charge is 2.20. The molecular formula is C18H14BrFN3OPS2. The number of thiophene rings is 1. The first kappa shape index (κ1) is 20.2. The van der Waals surface area contributed by atoms with Gasteiger partial charge in [-0.15, -0.1) is 9.24 Å². The lowest BCUT2D eigenvalue weighted by Crippen LogP contribution is -2.13. The van der Waals surface area contributed by atoms with Crippen LogP contribution in [0.1, 0.15) is 15.9 Å². The Morgan fingerprint density at radius 3 is 2.81 bits per heavy atom. The number of nitrogens with two attached hydrogens (primary N) is 1. The fraction of sp³-hybridized carbons (Fsp3) is 0. The van der Waals surface area contributed by atoms with Crippen molar-refractivity contribution >= 4 is 70.6 Å². The predicted molar refractivity (Wildman–Crippen MR) is 117 cm³/mol. The summed E-state index contributed by atoms with van der Waals surface area (Å²) in [5, 5.41) is 10.4. The number of pyridine rings is 1. The highest BCUT2D eigenvalue weighted by atomic mass is 79.9. The van der Waals surface area contributed by atoms with Gasteiger partial charge in [0.25, 0.3) is 0 Å². The number of aromatic amines is 1. The van der Waals surface area contributed by atoms with E-state index in [1.807, 2.05) is 16.8 Å². The van der Waals surface area contributed by atoms with Crippen molar-refractivity contribution in [3.8, 4) is 0 Å². The molecule has 0 spiro atoms. The van der Waals surface area contributed by atoms with Crippen LogP contribution in [-0.2, 0) is 0 Å². The van der Waals surface area contributed by atoms with Crippen LogP contribution in [0.25, 0.3) is 11.0 Å². The number of carbonyl (C=O) groups is 1. The second-order valence-corrected chi connectivity index (χ2v) is 8.39. The smallest absolute Gasteiger partial charge is 0.198 e. The molecule has 3 aromatic heterocycles. The van der Waals surface area contributed by atoms with Crippen LogP contribution in [0.5, 0.6) is 0 Å². The van der Waals surface area contributed by atoms with Crippen LogP contribution in [-0.4, -0.2) is 15.8 Å². The molecule has 0 saturated heterocycles. The molecule has 1 unspecified atom stereocenters. The number of nitrogens with zero attached hydrogens (tertiary/aromatic N) is 1. The van der Waals surface area contributed by atoms with Gasteiger partial charge in [0.15, 0.2) is 5.78 Å². The minimum atomic E-state index is -0.528. The molecule has 4 rings (SSSR count). The first-order valence-electron chi connectivity index (χ1n) is 7.61. The largest absolute Gasteiger partial charge is 0.345 e. The highest BCUT2D eigenvalue weighted by molar-refractivity contribution is 9.10. The van der Waals surface area contributed by atoms with Crippen LogP contribution in [0.15, 0.2) is 62.9 Å². The van der Waals surface area contributed by atoms with Gasteiger partial charge in [0, 0.05) is 38.1 Å². The topological polar surface area (TPSA) is 71.8 Å². The number of nitrogens with one attached hydrogen (secondary N) is 1. The molecule has 4 nitrogen and oxygen atoms in total. The van der Waals surface area contributed by atoms with Gasteiger partial charge in [-0.1, -0.05) is 12.1 Å². The van der Waals surface area contributed by atoms with Crippen molar-refractivity contribution in [3.63, 3.8) is 0 Å². The van der Waals surface area contributed by atoms with Crippen molar-refractivity contribution in [2.75, 3.05) is 0 Å². The van der Waals surface area contributed by atoms with Crippen LogP contribution in [0.4, 0.5) is 4.39 Å². The minimum absolute atomic E-state index is 0.0679. The van der Waals surface area contributed by atoms with Crippen molar-refractivity contribution in [2.24, 2.45) is 5.14 Å². The molecule has 0 amide bonds. The van der Waals surface area contributed by atoms with Crippen molar-refractivity contribution in [1.29, 1.82) is 0 Å². The average Bonchev–Trinajstić information content (AvgIpc) is 3.31. The van der Waals surface area contributed by atoms with Crippen molar-refractivity contribution < 1.29 is 9.18 Å². The standard InChI is InChI=1S/C14H9BrFN2OP.C4H5NS2/c15-7-4-8-9(6-18-14(8)17-5-7)13(19)12-10(16)2-1-3-11(12)20;5-7-4-1-2-6-3-4/h1-6H,20H2,(H,17,18);1-3H,5H2. The Morgan fingerprint density at radius 1 is 1.37 bits per heavy atom. The molecule has 9 heteroatoms. The first-order valence-corrected chi connectivity index (χ1v) is 10.8. The van der Waals surface area contributed by atoms with E-state index >= 15 is 0 Å². The Morgan fingerprint density at radius 2 is 2.19 bits per heavy atom. The summed E-state index contributed by atoms with van der Waals surface area (Å²) in [6, 6.07) is 8.32. The van der Waals surface area contributed by atoms with E-state index < -0.39 is 5.82 Å². The summed E-state index contributed by atoms with van der Waals surface area (Å²) >= 11 is 6.27. The number of fused-ring (bicyclic) bond motifs is 1. The number of rotatable bonds is 3. The third-order valence-electron chi connectivity index (χ3n) is 3.65. The van der Waals surface area contributed by atoms with E-state index in [4.69, 9.17) is 5.14 Å². The summed E-state index contributed by atoms with van der Waals surface area (Å²) in [5.41, 5.74) is 1.07. The molecule has 0 bridgehead atoms. The summed E-state index contributed by atoms with van der Waals surface area (Å²) in [6.45, 7) is 0. The predicted octanol–water partition coefficient (Wildman–Crippen LogP) is 4.91. The molecule has 27 heavy (non-hydrogen) atoms. The Bertz CT molecular complexity index is 1070. The molecule has 0 aliphatic carbocycles. The van der Waals surface area contributed by atoms with Gasteiger partial charge in [-0.2, -0.15) is 11.3 Å². The molecule has 0 aliphatic heterocycles. The van der Waals surface area contributed by atoms with E-state index in [-0.39, 0.29) is 11.3 Å². The second-order valence-electron chi connectivity index (χ2n) is 5.36. The first-order chi connectivity index (χ1) is 13.0. The molecule has 4 aromatic rings. The SMILES string of the molecule is NSc1ccsc1.O=C(c1c(F)cccc1P)c1c[nH]c2ncc(Br)cc12. The number of hydrogen-bond acceptors (Lipinski definition) is 5. The zero-order valence-electron chi connectivity index (χ0n) is 13.8. The average molecular weight is 482 g/mol. The molecular weight excluding hydrogens is 468 g/mol. The zero-order chi connectivity index (χ0) is 19.4. The molecule has 3 heterocycles. The Kier molecular flexibility index (Phi) is 6.78. The highest BCUT2D eigenvalue weighted by Crippen LogP contribution is 2.23. The number of benzene rings is 1. The van der Waals surface area contributed by atoms with Gasteiger partial charge < -0.3 is 4.98 Å². The van der Waals surface area contributed by atoms with Gasteiger partial charge in [0.05, 0.1) is 5.56 Å². The monoisotopic (exact) mass is 481 g/mol. The normalized spacial score (nSPS) is 10.5. The van der Waals surface area contributed by atoms with Gasteiger partial charge in [-0.3, -0.25) is 9.93 Å². The molecule has 0 aliphatic rings. The van der Waals surface area contributed by atoms with E-state index in [9.17, 15) is 9.18 Å². The third-order valence-corrected chi connectivity index (χ3v) is 5.92. The molecule has 3 N–H and O–H groups in total. The fourth-order valence-corrected chi connectivity index (χ4v) is 4.25. The molecule has 0 fully saturated rings. The van der Waals surface area contributed by atoms with E-state index in [0.29, 0.717) is 21.9 Å². The number of hydrogen-bond donors (Lipinski definition) is 2. The lowest BCUT2D eigenvalue weighted by Gasteiger charge is -2.05. The van der Waals surface area contributed by atoms with Gasteiger partial charge >= 0.3 is 0 Å². The lowest BCUT2D eigenvalue weighted by molar-refractivity contribution is 0.103. The summed E-state index contributed by atoms with van der Waals surface area (Å²) in [4.78, 5) is 20.8. The summed E-state index contributed by atoms with van der Waals surface area (Å²) < 4.78 is 14.7. The Hall–Kier alpha value is -1.57. The van der Waals surface area contributed by atoms with Crippen molar-refractivity contribution in [3.05, 3.63) is 74.9 Å². The van der Waals surface area contributed by atoms with Crippen LogP contribution in [0.2, 0.25) is 0 Å².